The first-order valence-corrected chi connectivity index (χ1v) is 14.0. The molecule has 0 aliphatic carbocycles. The minimum Gasteiger partial charge on any atom is -0.381 e. The fraction of sp³-hybridized carbons (Fsp3) is 0.929. The first kappa shape index (κ1) is 29.9. The molecule has 1 aliphatic heterocycles. The molecule has 5 heteroatoms. The molecule has 1 fully saturated rings. The standard InChI is InChI=1S/C28H54N2O3/c1-7-17-27(8-2,9-3)18-13-15-22-33-23-16-14-19-28(10-4,11-5)20-21-30-25(31)24-29(12-6)26(30)32/h7-24H2,1-6H3. The molecule has 0 spiro atoms. The van der Waals surface area contributed by atoms with Crippen LogP contribution in [0, 0.1) is 10.8 Å². The van der Waals surface area contributed by atoms with Gasteiger partial charge in [0.25, 0.3) is 0 Å². The van der Waals surface area contributed by atoms with Crippen LogP contribution in [-0.2, 0) is 9.53 Å². The Balaban J connectivity index is 2.27. The molecule has 0 radical (unpaired) electrons. The highest BCUT2D eigenvalue weighted by Crippen LogP contribution is 2.38. The Kier molecular flexibility index (Phi) is 14.3. The predicted molar refractivity (Wildman–Crippen MR) is 138 cm³/mol. The van der Waals surface area contributed by atoms with Gasteiger partial charge in [0, 0.05) is 26.3 Å². The van der Waals surface area contributed by atoms with E-state index in [0.717, 1.165) is 51.7 Å². The number of hydrogen-bond acceptors (Lipinski definition) is 3. The zero-order chi connectivity index (χ0) is 24.7. The van der Waals surface area contributed by atoms with E-state index in [1.165, 1.54) is 49.8 Å². The van der Waals surface area contributed by atoms with E-state index in [-0.39, 0.29) is 23.9 Å². The monoisotopic (exact) mass is 466 g/mol. The number of likely N-dealkylation sites (N-methyl/N-ethyl adjacent to an activating group) is 1. The van der Waals surface area contributed by atoms with Crippen LogP contribution in [0.5, 0.6) is 0 Å². The number of hydrogen-bond donors (Lipinski definition) is 0. The van der Waals surface area contributed by atoms with Crippen LogP contribution >= 0.6 is 0 Å². The van der Waals surface area contributed by atoms with Crippen molar-refractivity contribution >= 4 is 11.9 Å². The molecule has 1 rings (SSSR count). The van der Waals surface area contributed by atoms with Gasteiger partial charge in [0.05, 0.1) is 0 Å². The number of nitrogens with zero attached hydrogens (tertiary/aromatic N) is 2. The lowest BCUT2D eigenvalue weighted by Crippen LogP contribution is -2.36. The van der Waals surface area contributed by atoms with Crippen LogP contribution in [0.25, 0.3) is 0 Å². The van der Waals surface area contributed by atoms with Crippen LogP contribution in [0.2, 0.25) is 0 Å². The average molecular weight is 467 g/mol. The lowest BCUT2D eigenvalue weighted by Gasteiger charge is -2.33. The molecule has 0 aromatic carbocycles. The second-order valence-corrected chi connectivity index (χ2v) is 10.3. The van der Waals surface area contributed by atoms with Gasteiger partial charge in [-0.1, -0.05) is 79.6 Å². The molecule has 0 unspecified atom stereocenters. The lowest BCUT2D eigenvalue weighted by molar-refractivity contribution is -0.125. The van der Waals surface area contributed by atoms with Crippen LogP contribution < -0.4 is 0 Å². The molecular formula is C28H54N2O3. The first-order valence-electron chi connectivity index (χ1n) is 14.0. The second kappa shape index (κ2) is 15.7. The maximum absolute atomic E-state index is 12.4. The zero-order valence-electron chi connectivity index (χ0n) is 22.8. The van der Waals surface area contributed by atoms with Crippen molar-refractivity contribution in [2.24, 2.45) is 10.8 Å². The third-order valence-corrected chi connectivity index (χ3v) is 8.65. The largest absolute Gasteiger partial charge is 0.381 e. The van der Waals surface area contributed by atoms with Crippen molar-refractivity contribution in [3.63, 3.8) is 0 Å². The summed E-state index contributed by atoms with van der Waals surface area (Å²) in [6.45, 7) is 16.6. The topological polar surface area (TPSA) is 49.9 Å². The highest BCUT2D eigenvalue weighted by Gasteiger charge is 2.36. The van der Waals surface area contributed by atoms with Crippen molar-refractivity contribution in [3.8, 4) is 0 Å². The maximum atomic E-state index is 12.4. The Morgan fingerprint density at radius 3 is 1.67 bits per heavy atom. The van der Waals surface area contributed by atoms with E-state index in [1.807, 2.05) is 6.92 Å². The molecule has 5 nitrogen and oxygen atoms in total. The van der Waals surface area contributed by atoms with E-state index in [0.29, 0.717) is 18.5 Å². The molecule has 0 N–H and O–H groups in total. The number of carbonyl (C=O) groups excluding carboxylic acids is 2. The molecule has 194 valence electrons. The Hall–Kier alpha value is -1.10. The summed E-state index contributed by atoms with van der Waals surface area (Å²) in [6.07, 6.45) is 15.5. The van der Waals surface area contributed by atoms with Crippen LogP contribution in [0.3, 0.4) is 0 Å². The number of amides is 3. The zero-order valence-corrected chi connectivity index (χ0v) is 22.8. The smallest absolute Gasteiger partial charge is 0.327 e. The molecule has 1 saturated heterocycles. The van der Waals surface area contributed by atoms with Gasteiger partial charge < -0.3 is 9.64 Å². The fourth-order valence-corrected chi connectivity index (χ4v) is 5.61. The van der Waals surface area contributed by atoms with Crippen LogP contribution in [0.1, 0.15) is 125 Å². The fourth-order valence-electron chi connectivity index (χ4n) is 5.61. The van der Waals surface area contributed by atoms with E-state index in [1.54, 1.807) is 4.90 Å². The second-order valence-electron chi connectivity index (χ2n) is 10.3. The van der Waals surface area contributed by atoms with E-state index in [2.05, 4.69) is 34.6 Å². The van der Waals surface area contributed by atoms with Crippen molar-refractivity contribution in [3.05, 3.63) is 0 Å². The van der Waals surface area contributed by atoms with Gasteiger partial charge in [0.2, 0.25) is 5.91 Å². The number of unbranched alkanes of at least 4 members (excludes halogenated alkanes) is 2. The normalized spacial score (nSPS) is 15.2. The number of ether oxygens (including phenoxy) is 1. The Morgan fingerprint density at radius 1 is 0.727 bits per heavy atom. The minimum absolute atomic E-state index is 0.0406. The Bertz CT molecular complexity index is 555. The van der Waals surface area contributed by atoms with Crippen molar-refractivity contribution in [2.45, 2.75) is 125 Å². The molecule has 0 bridgehead atoms. The van der Waals surface area contributed by atoms with Gasteiger partial charge in [-0.2, -0.15) is 0 Å². The van der Waals surface area contributed by atoms with Gasteiger partial charge in [-0.15, -0.1) is 0 Å². The third kappa shape index (κ3) is 9.22. The Labute approximate surface area is 205 Å². The van der Waals surface area contributed by atoms with E-state index < -0.39 is 0 Å². The van der Waals surface area contributed by atoms with Crippen LogP contribution in [-0.4, -0.2) is 54.6 Å². The molecule has 0 aromatic heterocycles. The third-order valence-electron chi connectivity index (χ3n) is 8.65. The summed E-state index contributed by atoms with van der Waals surface area (Å²) in [6, 6.07) is -0.109. The van der Waals surface area contributed by atoms with Crippen molar-refractivity contribution < 1.29 is 14.3 Å². The number of imide groups is 1. The molecule has 1 aliphatic rings. The van der Waals surface area contributed by atoms with E-state index >= 15 is 0 Å². The number of carbonyl (C=O) groups is 2. The highest BCUT2D eigenvalue weighted by molar-refractivity contribution is 6.01. The van der Waals surface area contributed by atoms with Crippen molar-refractivity contribution in [1.82, 2.24) is 9.80 Å². The summed E-state index contributed by atoms with van der Waals surface area (Å²) in [4.78, 5) is 27.7. The molecule has 3 amide bonds. The molecular weight excluding hydrogens is 412 g/mol. The van der Waals surface area contributed by atoms with Gasteiger partial charge >= 0.3 is 6.03 Å². The molecule has 33 heavy (non-hydrogen) atoms. The molecule has 0 aromatic rings. The van der Waals surface area contributed by atoms with E-state index in [9.17, 15) is 9.59 Å². The summed E-state index contributed by atoms with van der Waals surface area (Å²) in [5, 5.41) is 0. The van der Waals surface area contributed by atoms with E-state index in [4.69, 9.17) is 4.74 Å². The lowest BCUT2D eigenvalue weighted by atomic mass is 9.74. The minimum atomic E-state index is -0.109. The Morgan fingerprint density at radius 2 is 1.24 bits per heavy atom. The summed E-state index contributed by atoms with van der Waals surface area (Å²) < 4.78 is 5.95. The van der Waals surface area contributed by atoms with Gasteiger partial charge in [-0.25, -0.2) is 4.79 Å². The van der Waals surface area contributed by atoms with Crippen molar-refractivity contribution in [2.75, 3.05) is 32.8 Å². The van der Waals surface area contributed by atoms with Crippen LogP contribution in [0.15, 0.2) is 0 Å². The molecule has 0 saturated carbocycles. The summed E-state index contributed by atoms with van der Waals surface area (Å²) >= 11 is 0. The van der Waals surface area contributed by atoms with Gasteiger partial charge in [0.1, 0.15) is 6.54 Å². The molecule has 0 atom stereocenters. The summed E-state index contributed by atoms with van der Waals surface area (Å²) in [5.41, 5.74) is 0.764. The highest BCUT2D eigenvalue weighted by atomic mass is 16.5. The number of rotatable bonds is 20. The summed E-state index contributed by atoms with van der Waals surface area (Å²) in [5.74, 6) is -0.0406. The first-order chi connectivity index (χ1) is 15.9. The summed E-state index contributed by atoms with van der Waals surface area (Å²) in [7, 11) is 0. The number of urea groups is 1. The van der Waals surface area contributed by atoms with Gasteiger partial charge in [-0.05, 0) is 56.3 Å². The average Bonchev–Trinajstić information content (AvgIpc) is 3.11. The quantitative estimate of drug-likeness (QED) is 0.138. The van der Waals surface area contributed by atoms with Crippen LogP contribution in [0.4, 0.5) is 4.79 Å². The van der Waals surface area contributed by atoms with Gasteiger partial charge in [-0.3, -0.25) is 9.69 Å². The van der Waals surface area contributed by atoms with Gasteiger partial charge in [0.15, 0.2) is 0 Å². The van der Waals surface area contributed by atoms with Crippen molar-refractivity contribution in [1.29, 1.82) is 0 Å². The predicted octanol–water partition coefficient (Wildman–Crippen LogP) is 7.43. The maximum Gasteiger partial charge on any atom is 0.327 e. The SMILES string of the molecule is CCCC(CC)(CC)CCCCOCCCCC(CC)(CC)CCN1C(=O)CN(CC)C1=O. The molecule has 1 heterocycles.